The van der Waals surface area contributed by atoms with Crippen LogP contribution in [-0.4, -0.2) is 33.1 Å². The summed E-state index contributed by atoms with van der Waals surface area (Å²) in [5, 5.41) is 9.69. The lowest BCUT2D eigenvalue weighted by Gasteiger charge is -2.09. The first kappa shape index (κ1) is 14.3. The number of benzene rings is 1. The Bertz CT molecular complexity index is 894. The van der Waals surface area contributed by atoms with Gasteiger partial charge >= 0.3 is 5.97 Å². The van der Waals surface area contributed by atoms with Crippen molar-refractivity contribution < 1.29 is 19.0 Å². The van der Waals surface area contributed by atoms with Crippen LogP contribution in [0.15, 0.2) is 24.4 Å². The van der Waals surface area contributed by atoms with Gasteiger partial charge < -0.3 is 14.8 Å². The third kappa shape index (κ3) is 2.15. The average molecular weight is 322 g/mol. The summed E-state index contributed by atoms with van der Waals surface area (Å²) in [6, 6.07) is 4.35. The maximum atomic E-state index is 14.4. The number of methoxy groups -OCH3 is 1. The standard InChI is InChI=1S/C14H9ClFN3O3/c1-22-11-8(15)3-2-6(9(11)16)13-18-10(14(20)21)7-4-5-17-12(7)19-13/h2-5H,1H3,(H,20,21)(H,17,18,19). The fourth-order valence-electron chi connectivity index (χ4n) is 2.12. The molecule has 0 aliphatic carbocycles. The van der Waals surface area contributed by atoms with Gasteiger partial charge in [0.15, 0.2) is 23.1 Å². The predicted octanol–water partition coefficient (Wildman–Crippen LogP) is 3.12. The minimum atomic E-state index is -1.23. The largest absolute Gasteiger partial charge is 0.492 e. The summed E-state index contributed by atoms with van der Waals surface area (Å²) in [5.41, 5.74) is 0.0885. The number of hydrogen-bond donors (Lipinski definition) is 2. The highest BCUT2D eigenvalue weighted by Crippen LogP contribution is 2.34. The summed E-state index contributed by atoms with van der Waals surface area (Å²) in [6.45, 7) is 0. The van der Waals surface area contributed by atoms with Gasteiger partial charge in [0.2, 0.25) is 0 Å². The molecule has 0 spiro atoms. The molecule has 0 saturated heterocycles. The van der Waals surface area contributed by atoms with Crippen molar-refractivity contribution in [3.63, 3.8) is 0 Å². The highest BCUT2D eigenvalue weighted by molar-refractivity contribution is 6.32. The van der Waals surface area contributed by atoms with E-state index in [0.29, 0.717) is 11.0 Å². The molecule has 2 heterocycles. The van der Waals surface area contributed by atoms with Gasteiger partial charge in [0, 0.05) is 6.20 Å². The molecule has 0 radical (unpaired) electrons. The number of fused-ring (bicyclic) bond motifs is 1. The van der Waals surface area contributed by atoms with Crippen LogP contribution in [-0.2, 0) is 0 Å². The van der Waals surface area contributed by atoms with Gasteiger partial charge in [-0.2, -0.15) is 0 Å². The second-order valence-corrected chi connectivity index (χ2v) is 4.79. The first-order valence-corrected chi connectivity index (χ1v) is 6.51. The third-order valence-electron chi connectivity index (χ3n) is 3.11. The van der Waals surface area contributed by atoms with E-state index in [4.69, 9.17) is 16.3 Å². The Kier molecular flexibility index (Phi) is 3.42. The minimum Gasteiger partial charge on any atom is -0.492 e. The summed E-state index contributed by atoms with van der Waals surface area (Å²) < 4.78 is 19.3. The average Bonchev–Trinajstić information content (AvgIpc) is 2.94. The molecule has 0 aliphatic rings. The molecule has 8 heteroatoms. The van der Waals surface area contributed by atoms with Crippen LogP contribution in [0.2, 0.25) is 5.02 Å². The van der Waals surface area contributed by atoms with E-state index in [0.717, 1.165) is 0 Å². The fourth-order valence-corrected chi connectivity index (χ4v) is 2.34. The van der Waals surface area contributed by atoms with Crippen LogP contribution < -0.4 is 4.74 Å². The Hall–Kier alpha value is -2.67. The van der Waals surface area contributed by atoms with Gasteiger partial charge in [-0.1, -0.05) is 11.6 Å². The molecule has 112 valence electrons. The van der Waals surface area contributed by atoms with Gasteiger partial charge in [0.25, 0.3) is 0 Å². The molecule has 0 bridgehead atoms. The zero-order valence-corrected chi connectivity index (χ0v) is 12.0. The number of aromatic nitrogens is 3. The quantitative estimate of drug-likeness (QED) is 0.773. The second-order valence-electron chi connectivity index (χ2n) is 4.38. The molecular formula is C14H9ClFN3O3. The van der Waals surface area contributed by atoms with Crippen LogP contribution in [0, 0.1) is 5.82 Å². The van der Waals surface area contributed by atoms with Crippen molar-refractivity contribution in [2.75, 3.05) is 7.11 Å². The summed E-state index contributed by atoms with van der Waals surface area (Å²) in [5.74, 6) is -2.20. The lowest BCUT2D eigenvalue weighted by molar-refractivity contribution is 0.0693. The first-order chi connectivity index (χ1) is 10.5. The molecule has 0 atom stereocenters. The maximum Gasteiger partial charge on any atom is 0.355 e. The Labute approximate surface area is 128 Å². The number of carboxylic acid groups (broad SMARTS) is 1. The molecule has 3 aromatic rings. The highest BCUT2D eigenvalue weighted by atomic mass is 35.5. The molecule has 2 N–H and O–H groups in total. The summed E-state index contributed by atoms with van der Waals surface area (Å²) in [7, 11) is 1.28. The number of nitrogens with zero attached hydrogens (tertiary/aromatic N) is 2. The van der Waals surface area contributed by atoms with Gasteiger partial charge in [-0.25, -0.2) is 19.2 Å². The van der Waals surface area contributed by atoms with E-state index in [2.05, 4.69) is 15.0 Å². The fraction of sp³-hybridized carbons (Fsp3) is 0.0714. The minimum absolute atomic E-state index is 0.000231. The van der Waals surface area contributed by atoms with Crippen LogP contribution in [0.5, 0.6) is 5.75 Å². The summed E-state index contributed by atoms with van der Waals surface area (Å²) in [6.07, 6.45) is 1.54. The number of halogens is 2. The molecule has 0 amide bonds. The number of aromatic carboxylic acids is 1. The van der Waals surface area contributed by atoms with Crippen molar-refractivity contribution in [1.82, 2.24) is 15.0 Å². The molecule has 22 heavy (non-hydrogen) atoms. The molecule has 3 rings (SSSR count). The lowest BCUT2D eigenvalue weighted by Crippen LogP contribution is -2.05. The summed E-state index contributed by atoms with van der Waals surface area (Å²) >= 11 is 5.84. The zero-order chi connectivity index (χ0) is 15.9. The molecule has 0 aliphatic heterocycles. The van der Waals surface area contributed by atoms with E-state index < -0.39 is 11.8 Å². The van der Waals surface area contributed by atoms with Crippen LogP contribution in [0.25, 0.3) is 22.4 Å². The molecule has 6 nitrogen and oxygen atoms in total. The topological polar surface area (TPSA) is 88.1 Å². The van der Waals surface area contributed by atoms with Crippen molar-refractivity contribution in [2.45, 2.75) is 0 Å². The Morgan fingerprint density at radius 1 is 1.36 bits per heavy atom. The monoisotopic (exact) mass is 321 g/mol. The molecule has 2 aromatic heterocycles. The third-order valence-corrected chi connectivity index (χ3v) is 3.41. The zero-order valence-electron chi connectivity index (χ0n) is 11.2. The normalized spacial score (nSPS) is 10.9. The molecule has 0 saturated carbocycles. The predicted molar refractivity (Wildman–Crippen MR) is 77.8 cm³/mol. The van der Waals surface area contributed by atoms with Gasteiger partial charge in [0.1, 0.15) is 5.65 Å². The van der Waals surface area contributed by atoms with E-state index in [1.54, 1.807) is 6.07 Å². The van der Waals surface area contributed by atoms with Crippen LogP contribution in [0.4, 0.5) is 4.39 Å². The van der Waals surface area contributed by atoms with Crippen molar-refractivity contribution >= 4 is 28.6 Å². The van der Waals surface area contributed by atoms with E-state index in [9.17, 15) is 14.3 Å². The number of rotatable bonds is 3. The molecule has 0 fully saturated rings. The number of carboxylic acids is 1. The van der Waals surface area contributed by atoms with Crippen LogP contribution in [0.3, 0.4) is 0 Å². The Balaban J connectivity index is 2.29. The van der Waals surface area contributed by atoms with Gasteiger partial charge in [-0.15, -0.1) is 0 Å². The Morgan fingerprint density at radius 3 is 2.82 bits per heavy atom. The Morgan fingerprint density at radius 2 is 2.14 bits per heavy atom. The lowest BCUT2D eigenvalue weighted by atomic mass is 10.1. The van der Waals surface area contributed by atoms with E-state index in [-0.39, 0.29) is 27.9 Å². The number of nitrogens with one attached hydrogen (secondary N) is 1. The molecular weight excluding hydrogens is 313 g/mol. The second kappa shape index (κ2) is 5.27. The van der Waals surface area contributed by atoms with Crippen molar-refractivity contribution in [1.29, 1.82) is 0 Å². The number of hydrogen-bond acceptors (Lipinski definition) is 4. The number of H-pyrrole nitrogens is 1. The SMILES string of the molecule is COc1c(Cl)ccc(-c2nc(C(=O)O)c3cc[nH]c3n2)c1F. The van der Waals surface area contributed by atoms with E-state index >= 15 is 0 Å². The highest BCUT2D eigenvalue weighted by Gasteiger charge is 2.20. The molecule has 1 aromatic carbocycles. The van der Waals surface area contributed by atoms with Crippen molar-refractivity contribution in [3.05, 3.63) is 40.9 Å². The van der Waals surface area contributed by atoms with Gasteiger partial charge in [0.05, 0.1) is 23.1 Å². The van der Waals surface area contributed by atoms with Crippen LogP contribution >= 0.6 is 11.6 Å². The maximum absolute atomic E-state index is 14.4. The number of aromatic amines is 1. The van der Waals surface area contributed by atoms with Crippen molar-refractivity contribution in [2.24, 2.45) is 0 Å². The number of carbonyl (C=O) groups is 1. The van der Waals surface area contributed by atoms with E-state index in [1.807, 2.05) is 0 Å². The summed E-state index contributed by atoms with van der Waals surface area (Å²) in [4.78, 5) is 22.2. The van der Waals surface area contributed by atoms with Gasteiger partial charge in [-0.3, -0.25) is 0 Å². The molecule has 0 unspecified atom stereocenters. The van der Waals surface area contributed by atoms with E-state index in [1.165, 1.54) is 25.4 Å². The van der Waals surface area contributed by atoms with Crippen molar-refractivity contribution in [3.8, 4) is 17.1 Å². The van der Waals surface area contributed by atoms with Gasteiger partial charge in [-0.05, 0) is 18.2 Å². The number of ether oxygens (including phenoxy) is 1. The first-order valence-electron chi connectivity index (χ1n) is 6.13. The van der Waals surface area contributed by atoms with Crippen LogP contribution in [0.1, 0.15) is 10.5 Å². The smallest absolute Gasteiger partial charge is 0.355 e.